The second-order valence-corrected chi connectivity index (χ2v) is 6.24. The fourth-order valence-electron chi connectivity index (χ4n) is 3.13. The van der Waals surface area contributed by atoms with E-state index in [1.165, 1.54) is 6.07 Å². The number of carbonyl (C=O) groups excluding carboxylic acids is 2. The van der Waals surface area contributed by atoms with E-state index in [-0.39, 0.29) is 11.3 Å². The number of benzene rings is 2. The highest BCUT2D eigenvalue weighted by atomic mass is 16.4. The number of hydrogen-bond acceptors (Lipinski definition) is 5. The Morgan fingerprint density at radius 1 is 1.00 bits per heavy atom. The third-order valence-electron chi connectivity index (χ3n) is 4.49. The molecule has 7 nitrogen and oxygen atoms in total. The van der Waals surface area contributed by atoms with Crippen molar-refractivity contribution in [3.05, 3.63) is 89.2 Å². The third-order valence-corrected chi connectivity index (χ3v) is 4.49. The molecule has 2 heterocycles. The highest BCUT2D eigenvalue weighted by Crippen LogP contribution is 2.31. The Balaban J connectivity index is 1.65. The van der Waals surface area contributed by atoms with E-state index < -0.39 is 17.8 Å². The lowest BCUT2D eigenvalue weighted by Gasteiger charge is -2.17. The summed E-state index contributed by atoms with van der Waals surface area (Å²) in [5.41, 5.74) is 2.08. The van der Waals surface area contributed by atoms with E-state index in [4.69, 9.17) is 0 Å². The van der Waals surface area contributed by atoms with Gasteiger partial charge in [0.1, 0.15) is 0 Å². The van der Waals surface area contributed by atoms with Gasteiger partial charge in [0.2, 0.25) is 0 Å². The predicted molar refractivity (Wildman–Crippen MR) is 103 cm³/mol. The summed E-state index contributed by atoms with van der Waals surface area (Å²) in [5, 5.41) is 12.7. The summed E-state index contributed by atoms with van der Waals surface area (Å²) in [7, 11) is 0. The number of aromatic nitrogens is 1. The van der Waals surface area contributed by atoms with Crippen molar-refractivity contribution in [2.75, 3.05) is 10.2 Å². The van der Waals surface area contributed by atoms with Crippen LogP contribution < -0.4 is 10.2 Å². The fourth-order valence-corrected chi connectivity index (χ4v) is 3.13. The van der Waals surface area contributed by atoms with Crippen LogP contribution in [0.3, 0.4) is 0 Å². The zero-order valence-electron chi connectivity index (χ0n) is 14.6. The molecule has 2 aromatic carbocycles. The van der Waals surface area contributed by atoms with Gasteiger partial charge < -0.3 is 10.4 Å². The Morgan fingerprint density at radius 2 is 1.71 bits per heavy atom. The molecule has 0 unspecified atom stereocenters. The summed E-state index contributed by atoms with van der Waals surface area (Å²) in [6, 6.07) is 14.6. The van der Waals surface area contributed by atoms with Crippen LogP contribution in [0, 0.1) is 0 Å². The maximum atomic E-state index is 12.6. The number of fused-ring (bicyclic) bond motifs is 1. The molecule has 2 amide bonds. The number of rotatable bonds is 5. The summed E-state index contributed by atoms with van der Waals surface area (Å²) in [4.78, 5) is 42.0. The van der Waals surface area contributed by atoms with E-state index in [9.17, 15) is 19.5 Å². The molecule has 1 aliphatic heterocycles. The predicted octanol–water partition coefficient (Wildman–Crippen LogP) is 3.19. The van der Waals surface area contributed by atoms with Crippen LogP contribution in [0.5, 0.6) is 0 Å². The Labute approximate surface area is 160 Å². The number of carboxylic acids is 1. The average molecular weight is 373 g/mol. The molecule has 3 aromatic rings. The van der Waals surface area contributed by atoms with Crippen molar-refractivity contribution in [2.45, 2.75) is 6.54 Å². The molecule has 0 radical (unpaired) electrons. The van der Waals surface area contributed by atoms with Gasteiger partial charge in [-0.15, -0.1) is 0 Å². The van der Waals surface area contributed by atoms with E-state index >= 15 is 0 Å². The van der Waals surface area contributed by atoms with Gasteiger partial charge in [-0.3, -0.25) is 14.6 Å². The summed E-state index contributed by atoms with van der Waals surface area (Å²) in [6.45, 7) is 0.389. The Morgan fingerprint density at radius 3 is 2.32 bits per heavy atom. The molecule has 0 saturated carbocycles. The molecule has 0 spiro atoms. The number of nitrogens with zero attached hydrogens (tertiary/aromatic N) is 2. The monoisotopic (exact) mass is 373 g/mol. The van der Waals surface area contributed by atoms with Gasteiger partial charge in [0, 0.05) is 24.6 Å². The quantitative estimate of drug-likeness (QED) is 0.667. The maximum absolute atomic E-state index is 12.6. The number of anilines is 2. The van der Waals surface area contributed by atoms with Crippen molar-refractivity contribution in [1.29, 1.82) is 0 Å². The first-order chi connectivity index (χ1) is 13.6. The Hall–Kier alpha value is -4.00. The zero-order chi connectivity index (χ0) is 19.7. The van der Waals surface area contributed by atoms with Gasteiger partial charge in [0.15, 0.2) is 0 Å². The summed E-state index contributed by atoms with van der Waals surface area (Å²) in [5.74, 6) is -2.09. The van der Waals surface area contributed by atoms with Crippen LogP contribution >= 0.6 is 0 Å². The maximum Gasteiger partial charge on any atom is 0.337 e. The number of amides is 2. The van der Waals surface area contributed by atoms with Crippen molar-refractivity contribution >= 4 is 29.2 Å². The molecule has 138 valence electrons. The molecule has 28 heavy (non-hydrogen) atoms. The lowest BCUT2D eigenvalue weighted by molar-refractivity contribution is 0.0696. The van der Waals surface area contributed by atoms with Crippen LogP contribution in [0.2, 0.25) is 0 Å². The van der Waals surface area contributed by atoms with Crippen molar-refractivity contribution in [2.24, 2.45) is 0 Å². The highest BCUT2D eigenvalue weighted by Gasteiger charge is 2.36. The van der Waals surface area contributed by atoms with Crippen LogP contribution in [0.1, 0.15) is 36.6 Å². The van der Waals surface area contributed by atoms with Crippen molar-refractivity contribution in [1.82, 2.24) is 4.98 Å². The van der Waals surface area contributed by atoms with Crippen LogP contribution in [0.15, 0.2) is 67.0 Å². The summed E-state index contributed by atoms with van der Waals surface area (Å²) < 4.78 is 0. The number of pyridine rings is 1. The average Bonchev–Trinajstić information content (AvgIpc) is 2.98. The standard InChI is InChI=1S/C21H15N3O4/c25-19-15-5-1-2-6-16(15)20(26)24(19)14-7-8-18(17(10-14)21(27)28)23-12-13-4-3-9-22-11-13/h1-11,23H,12H2,(H,27,28). The first kappa shape index (κ1) is 17.4. The lowest BCUT2D eigenvalue weighted by atomic mass is 10.1. The molecule has 2 N–H and O–H groups in total. The Bertz CT molecular complexity index is 1060. The van der Waals surface area contributed by atoms with Gasteiger partial charge in [0.25, 0.3) is 11.8 Å². The lowest BCUT2D eigenvalue weighted by Crippen LogP contribution is -2.29. The van der Waals surface area contributed by atoms with Gasteiger partial charge in [0.05, 0.1) is 22.4 Å². The van der Waals surface area contributed by atoms with Gasteiger partial charge in [-0.05, 0) is 42.0 Å². The second kappa shape index (κ2) is 6.96. The number of carbonyl (C=O) groups is 3. The second-order valence-electron chi connectivity index (χ2n) is 6.24. The highest BCUT2D eigenvalue weighted by molar-refractivity contribution is 6.34. The smallest absolute Gasteiger partial charge is 0.337 e. The van der Waals surface area contributed by atoms with Crippen molar-refractivity contribution in [3.8, 4) is 0 Å². The van der Waals surface area contributed by atoms with Crippen LogP contribution in [0.25, 0.3) is 0 Å². The molecule has 7 heteroatoms. The normalized spacial score (nSPS) is 12.8. The summed E-state index contributed by atoms with van der Waals surface area (Å²) in [6.07, 6.45) is 3.34. The van der Waals surface area contributed by atoms with E-state index in [1.807, 2.05) is 6.07 Å². The molecule has 0 saturated heterocycles. The first-order valence-electron chi connectivity index (χ1n) is 8.54. The molecule has 0 atom stereocenters. The molecule has 0 aliphatic carbocycles. The van der Waals surface area contributed by atoms with Crippen LogP contribution in [0.4, 0.5) is 11.4 Å². The minimum atomic E-state index is -1.16. The number of imide groups is 1. The van der Waals surface area contributed by atoms with E-state index in [0.717, 1.165) is 10.5 Å². The van der Waals surface area contributed by atoms with Crippen molar-refractivity contribution < 1.29 is 19.5 Å². The molecular weight excluding hydrogens is 358 g/mol. The largest absolute Gasteiger partial charge is 0.478 e. The topological polar surface area (TPSA) is 99.6 Å². The van der Waals surface area contributed by atoms with Gasteiger partial charge >= 0.3 is 5.97 Å². The van der Waals surface area contributed by atoms with Crippen LogP contribution in [-0.2, 0) is 6.54 Å². The molecule has 0 bridgehead atoms. The Kier molecular flexibility index (Phi) is 4.33. The molecular formula is C21H15N3O4. The number of carboxylic acid groups (broad SMARTS) is 1. The zero-order valence-corrected chi connectivity index (χ0v) is 14.6. The molecule has 4 rings (SSSR count). The van der Waals surface area contributed by atoms with Crippen molar-refractivity contribution in [3.63, 3.8) is 0 Å². The molecule has 1 aromatic heterocycles. The van der Waals surface area contributed by atoms with Crippen LogP contribution in [-0.4, -0.2) is 27.9 Å². The van der Waals surface area contributed by atoms with Gasteiger partial charge in [-0.1, -0.05) is 18.2 Å². The van der Waals surface area contributed by atoms with Gasteiger partial charge in [-0.25, -0.2) is 9.69 Å². The minimum Gasteiger partial charge on any atom is -0.478 e. The minimum absolute atomic E-state index is 0.0297. The molecule has 1 aliphatic rings. The fraction of sp³-hybridized carbons (Fsp3) is 0.0476. The molecule has 0 fully saturated rings. The first-order valence-corrected chi connectivity index (χ1v) is 8.54. The number of aromatic carboxylic acids is 1. The SMILES string of the molecule is O=C(O)c1cc(N2C(=O)c3ccccc3C2=O)ccc1NCc1cccnc1. The van der Waals surface area contributed by atoms with Gasteiger partial charge in [-0.2, -0.15) is 0 Å². The summed E-state index contributed by atoms with van der Waals surface area (Å²) >= 11 is 0. The third kappa shape index (κ3) is 2.99. The van der Waals surface area contributed by atoms with E-state index in [2.05, 4.69) is 10.3 Å². The number of hydrogen-bond donors (Lipinski definition) is 2. The number of nitrogens with one attached hydrogen (secondary N) is 1. The van der Waals surface area contributed by atoms with E-state index in [0.29, 0.717) is 23.4 Å². The van der Waals surface area contributed by atoms with E-state index in [1.54, 1.807) is 54.9 Å².